The molecule has 3 aromatic carbocycles. The Balaban J connectivity index is 1.31. The van der Waals surface area contributed by atoms with E-state index in [1.807, 2.05) is 55.7 Å². The summed E-state index contributed by atoms with van der Waals surface area (Å²) >= 11 is 0. The lowest BCUT2D eigenvalue weighted by atomic mass is 10.1. The van der Waals surface area contributed by atoms with Crippen molar-refractivity contribution in [3.05, 3.63) is 90.3 Å². The van der Waals surface area contributed by atoms with Crippen LogP contribution in [0.5, 0.6) is 0 Å². The van der Waals surface area contributed by atoms with Crippen molar-refractivity contribution in [1.82, 2.24) is 14.9 Å². The van der Waals surface area contributed by atoms with Gasteiger partial charge in [-0.2, -0.15) is 0 Å². The van der Waals surface area contributed by atoms with Gasteiger partial charge in [0.2, 0.25) is 5.91 Å². The Morgan fingerprint density at radius 1 is 0.900 bits per heavy atom. The van der Waals surface area contributed by atoms with Crippen LogP contribution < -0.4 is 10.6 Å². The summed E-state index contributed by atoms with van der Waals surface area (Å²) in [5.74, 6) is 0.0653. The fourth-order valence-corrected chi connectivity index (χ4v) is 3.45. The molecule has 0 aliphatic heterocycles. The Labute approximate surface area is 176 Å². The largest absolute Gasteiger partial charge is 0.326 e. The Bertz CT molecular complexity index is 1110. The van der Waals surface area contributed by atoms with Crippen molar-refractivity contribution < 1.29 is 4.79 Å². The number of imidazole rings is 1. The van der Waals surface area contributed by atoms with Gasteiger partial charge in [0.25, 0.3) is 0 Å². The summed E-state index contributed by atoms with van der Waals surface area (Å²) in [4.78, 5) is 16.1. The summed E-state index contributed by atoms with van der Waals surface area (Å²) < 4.78 is 2.10. The molecule has 5 nitrogen and oxygen atoms in total. The number of carbonyl (C=O) groups is 1. The van der Waals surface area contributed by atoms with Crippen LogP contribution in [-0.2, 0) is 17.9 Å². The monoisotopic (exact) mass is 398 g/mol. The maximum Gasteiger partial charge on any atom is 0.224 e. The van der Waals surface area contributed by atoms with E-state index in [2.05, 4.69) is 50.5 Å². The predicted molar refractivity (Wildman–Crippen MR) is 122 cm³/mol. The van der Waals surface area contributed by atoms with E-state index in [-0.39, 0.29) is 5.91 Å². The van der Waals surface area contributed by atoms with Gasteiger partial charge >= 0.3 is 0 Å². The third-order valence-corrected chi connectivity index (χ3v) is 5.04. The highest BCUT2D eigenvalue weighted by Crippen LogP contribution is 2.18. The van der Waals surface area contributed by atoms with Crippen LogP contribution in [-0.4, -0.2) is 15.5 Å². The van der Waals surface area contributed by atoms with E-state index in [9.17, 15) is 4.79 Å². The number of anilines is 1. The fraction of sp³-hybridized carbons (Fsp3) is 0.200. The summed E-state index contributed by atoms with van der Waals surface area (Å²) in [5, 5.41) is 6.39. The van der Waals surface area contributed by atoms with Crippen molar-refractivity contribution in [2.45, 2.75) is 32.9 Å². The first-order valence-corrected chi connectivity index (χ1v) is 10.3. The topological polar surface area (TPSA) is 59.0 Å². The maximum atomic E-state index is 11.7. The maximum absolute atomic E-state index is 11.7. The normalized spacial score (nSPS) is 11.0. The van der Waals surface area contributed by atoms with Gasteiger partial charge in [0.15, 0.2) is 0 Å². The molecule has 0 saturated heterocycles. The molecule has 0 fully saturated rings. The molecule has 5 heteroatoms. The van der Waals surface area contributed by atoms with Gasteiger partial charge in [0.05, 0.1) is 11.0 Å². The van der Waals surface area contributed by atoms with E-state index >= 15 is 0 Å². The number of hydrogen-bond acceptors (Lipinski definition) is 3. The van der Waals surface area contributed by atoms with Crippen LogP contribution in [0, 0.1) is 0 Å². The summed E-state index contributed by atoms with van der Waals surface area (Å²) in [6.45, 7) is 3.57. The van der Waals surface area contributed by atoms with E-state index in [1.165, 1.54) is 11.1 Å². The first-order chi connectivity index (χ1) is 14.7. The van der Waals surface area contributed by atoms with Gasteiger partial charge in [0.1, 0.15) is 6.33 Å². The van der Waals surface area contributed by atoms with E-state index < -0.39 is 0 Å². The quantitative estimate of drug-likeness (QED) is 0.436. The van der Waals surface area contributed by atoms with Gasteiger partial charge < -0.3 is 10.6 Å². The SMILES string of the molecule is CCCC(=O)Nc1ccc(CNCc2ccc(-n3cnc4ccccc43)cc2)cc1. The lowest BCUT2D eigenvalue weighted by Crippen LogP contribution is -2.13. The highest BCUT2D eigenvalue weighted by atomic mass is 16.1. The molecular formula is C25H26N4O. The minimum Gasteiger partial charge on any atom is -0.326 e. The van der Waals surface area contributed by atoms with Crippen molar-refractivity contribution in [3.8, 4) is 5.69 Å². The zero-order valence-corrected chi connectivity index (χ0v) is 17.1. The Hall–Kier alpha value is -3.44. The van der Waals surface area contributed by atoms with Crippen molar-refractivity contribution in [1.29, 1.82) is 0 Å². The molecule has 0 bridgehead atoms. The number of hydrogen-bond donors (Lipinski definition) is 2. The average molecular weight is 399 g/mol. The Morgan fingerprint density at radius 3 is 2.27 bits per heavy atom. The Morgan fingerprint density at radius 2 is 1.57 bits per heavy atom. The number of carbonyl (C=O) groups excluding carboxylic acids is 1. The van der Waals surface area contributed by atoms with Crippen LogP contribution >= 0.6 is 0 Å². The van der Waals surface area contributed by atoms with Crippen molar-refractivity contribution in [2.75, 3.05) is 5.32 Å². The number of rotatable bonds is 8. The summed E-state index contributed by atoms with van der Waals surface area (Å²) in [6, 6.07) is 24.7. The third-order valence-electron chi connectivity index (χ3n) is 5.04. The molecule has 0 spiro atoms. The molecule has 1 heterocycles. The van der Waals surface area contributed by atoms with Gasteiger partial charge in [-0.25, -0.2) is 4.98 Å². The molecule has 1 amide bonds. The van der Waals surface area contributed by atoms with E-state index in [1.54, 1.807) is 0 Å². The van der Waals surface area contributed by atoms with Gasteiger partial charge in [-0.1, -0.05) is 43.3 Å². The lowest BCUT2D eigenvalue weighted by Gasteiger charge is -2.09. The van der Waals surface area contributed by atoms with Crippen molar-refractivity contribution >= 4 is 22.6 Å². The first kappa shape index (κ1) is 19.9. The minimum atomic E-state index is 0.0653. The number of benzene rings is 3. The van der Waals surface area contributed by atoms with Crippen molar-refractivity contribution in [3.63, 3.8) is 0 Å². The van der Waals surface area contributed by atoms with Gasteiger partial charge in [-0.15, -0.1) is 0 Å². The van der Waals surface area contributed by atoms with E-state index in [0.29, 0.717) is 6.42 Å². The van der Waals surface area contributed by atoms with Crippen LogP contribution in [0.2, 0.25) is 0 Å². The second-order valence-electron chi connectivity index (χ2n) is 7.37. The molecule has 0 aliphatic rings. The molecule has 0 atom stereocenters. The van der Waals surface area contributed by atoms with E-state index in [0.717, 1.165) is 41.9 Å². The zero-order chi connectivity index (χ0) is 20.8. The summed E-state index contributed by atoms with van der Waals surface area (Å²) in [7, 11) is 0. The number of fused-ring (bicyclic) bond motifs is 1. The molecule has 30 heavy (non-hydrogen) atoms. The average Bonchev–Trinajstić information content (AvgIpc) is 3.20. The molecule has 1 aromatic heterocycles. The number of nitrogens with one attached hydrogen (secondary N) is 2. The van der Waals surface area contributed by atoms with E-state index in [4.69, 9.17) is 0 Å². The van der Waals surface area contributed by atoms with Crippen LogP contribution in [0.4, 0.5) is 5.69 Å². The summed E-state index contributed by atoms with van der Waals surface area (Å²) in [6.07, 6.45) is 3.28. The molecule has 0 aliphatic carbocycles. The highest BCUT2D eigenvalue weighted by Gasteiger charge is 2.04. The Kier molecular flexibility index (Phi) is 6.20. The number of para-hydroxylation sites is 2. The molecule has 0 unspecified atom stereocenters. The number of amides is 1. The third kappa shape index (κ3) is 4.75. The fourth-order valence-electron chi connectivity index (χ4n) is 3.45. The second kappa shape index (κ2) is 9.37. The second-order valence-corrected chi connectivity index (χ2v) is 7.37. The molecule has 2 N–H and O–H groups in total. The van der Waals surface area contributed by atoms with Crippen LogP contribution in [0.3, 0.4) is 0 Å². The molecular weight excluding hydrogens is 372 g/mol. The molecule has 152 valence electrons. The zero-order valence-electron chi connectivity index (χ0n) is 17.1. The highest BCUT2D eigenvalue weighted by molar-refractivity contribution is 5.90. The smallest absolute Gasteiger partial charge is 0.224 e. The predicted octanol–water partition coefficient (Wildman–Crippen LogP) is 5.05. The van der Waals surface area contributed by atoms with Crippen LogP contribution in [0.1, 0.15) is 30.9 Å². The summed E-state index contributed by atoms with van der Waals surface area (Å²) in [5.41, 5.74) is 6.47. The first-order valence-electron chi connectivity index (χ1n) is 10.3. The van der Waals surface area contributed by atoms with Crippen LogP contribution in [0.25, 0.3) is 16.7 Å². The van der Waals surface area contributed by atoms with Gasteiger partial charge in [-0.3, -0.25) is 9.36 Å². The lowest BCUT2D eigenvalue weighted by molar-refractivity contribution is -0.116. The number of nitrogens with zero attached hydrogens (tertiary/aromatic N) is 2. The number of aromatic nitrogens is 2. The molecule has 4 aromatic rings. The standard InChI is InChI=1S/C25H26N4O/c1-2-5-25(30)28-21-12-8-19(9-13-21)16-26-17-20-10-14-22(15-11-20)29-18-27-23-6-3-4-7-24(23)29/h3-4,6-15,18,26H,2,5,16-17H2,1H3,(H,28,30). The van der Waals surface area contributed by atoms with Gasteiger partial charge in [0, 0.05) is 30.9 Å². The molecule has 0 saturated carbocycles. The van der Waals surface area contributed by atoms with Gasteiger partial charge in [-0.05, 0) is 53.9 Å². The minimum absolute atomic E-state index is 0.0653. The van der Waals surface area contributed by atoms with Crippen molar-refractivity contribution in [2.24, 2.45) is 0 Å². The van der Waals surface area contributed by atoms with Crippen LogP contribution in [0.15, 0.2) is 79.1 Å². The molecule has 0 radical (unpaired) electrons. The molecule has 4 rings (SSSR count).